The maximum atomic E-state index is 13.8. The average molecular weight is 681 g/mol. The van der Waals surface area contributed by atoms with Gasteiger partial charge in [0.05, 0.1) is 15.5 Å². The number of amidine groups is 1. The summed E-state index contributed by atoms with van der Waals surface area (Å²) in [7, 11) is -3.69. The Kier molecular flexibility index (Phi) is 9.37. The molecule has 3 aromatic carbocycles. The number of sulfonamides is 1. The number of aromatic nitrogens is 2. The van der Waals surface area contributed by atoms with Gasteiger partial charge in [-0.05, 0) is 65.9 Å². The lowest BCUT2D eigenvalue weighted by atomic mass is 9.94. The summed E-state index contributed by atoms with van der Waals surface area (Å²) >= 11 is 1.39. The summed E-state index contributed by atoms with van der Waals surface area (Å²) in [5.74, 6) is 0.334. The molecule has 11 heteroatoms. The average Bonchev–Trinajstić information content (AvgIpc) is 3.69. The molecule has 0 bridgehead atoms. The number of piperazine rings is 1. The molecule has 2 unspecified atom stereocenters. The van der Waals surface area contributed by atoms with Crippen molar-refractivity contribution in [2.24, 2.45) is 16.8 Å². The van der Waals surface area contributed by atoms with E-state index in [1.165, 1.54) is 17.3 Å². The van der Waals surface area contributed by atoms with Gasteiger partial charge in [0, 0.05) is 63.1 Å². The number of carbonyl (C=O) groups excluding carboxylic acids is 1. The molecule has 0 saturated carbocycles. The van der Waals surface area contributed by atoms with Gasteiger partial charge in [0.25, 0.3) is 5.91 Å². The molecule has 4 heterocycles. The highest BCUT2D eigenvalue weighted by molar-refractivity contribution is 8.18. The SMILES string of the molecule is CC1CC(C)CN(S(=O)(=O)c2cccc(-c3nn(-c4ccccc4)cc3/C=C3\SC(N4CCN(Cc5ccccc5)CC4)=NC3=O)c2)C1. The Morgan fingerprint density at radius 2 is 1.56 bits per heavy atom. The number of para-hydroxylation sites is 1. The van der Waals surface area contributed by atoms with E-state index in [0.717, 1.165) is 50.0 Å². The van der Waals surface area contributed by atoms with Crippen molar-refractivity contribution in [1.82, 2.24) is 23.9 Å². The summed E-state index contributed by atoms with van der Waals surface area (Å²) in [5.41, 5.74) is 4.14. The molecule has 48 heavy (non-hydrogen) atoms. The fourth-order valence-electron chi connectivity index (χ4n) is 6.80. The molecule has 0 aliphatic carbocycles. The maximum Gasteiger partial charge on any atom is 0.286 e. The molecular formula is C37H40N6O3S2. The minimum absolute atomic E-state index is 0.248. The van der Waals surface area contributed by atoms with Crippen molar-refractivity contribution in [3.63, 3.8) is 0 Å². The standard InChI is InChI=1S/C37H40N6O3S2/c1-27-20-28(2)24-42(23-27)48(45,46)33-15-9-12-30(21-33)35-31(26-43(39-35)32-13-7-4-8-14-32)22-34-36(44)38-37(47-34)41-18-16-40(17-19-41)25-29-10-5-3-6-11-29/h3-15,21-22,26-28H,16-20,23-25H2,1-2H3/b34-22-. The third-order valence-electron chi connectivity index (χ3n) is 9.13. The van der Waals surface area contributed by atoms with Gasteiger partial charge in [-0.3, -0.25) is 9.69 Å². The van der Waals surface area contributed by atoms with E-state index in [2.05, 4.69) is 52.9 Å². The van der Waals surface area contributed by atoms with Gasteiger partial charge in [0.1, 0.15) is 5.69 Å². The van der Waals surface area contributed by atoms with E-state index in [0.29, 0.717) is 46.7 Å². The van der Waals surface area contributed by atoms with Crippen LogP contribution in [0.4, 0.5) is 0 Å². The first-order valence-corrected chi connectivity index (χ1v) is 18.8. The third kappa shape index (κ3) is 7.05. The lowest BCUT2D eigenvalue weighted by Crippen LogP contribution is -2.47. The summed E-state index contributed by atoms with van der Waals surface area (Å²) in [5, 5.41) is 5.64. The van der Waals surface area contributed by atoms with E-state index in [4.69, 9.17) is 5.10 Å². The Balaban J connectivity index is 1.14. The van der Waals surface area contributed by atoms with Crippen LogP contribution >= 0.6 is 11.8 Å². The quantitative estimate of drug-likeness (QED) is 0.222. The molecule has 4 aromatic rings. The smallest absolute Gasteiger partial charge is 0.286 e. The van der Waals surface area contributed by atoms with Crippen molar-refractivity contribution in [1.29, 1.82) is 0 Å². The molecule has 248 valence electrons. The van der Waals surface area contributed by atoms with Gasteiger partial charge < -0.3 is 4.90 Å². The Bertz CT molecular complexity index is 1940. The minimum Gasteiger partial charge on any atom is -0.348 e. The fourth-order valence-corrected chi connectivity index (χ4v) is 9.48. The highest BCUT2D eigenvalue weighted by Crippen LogP contribution is 2.35. The van der Waals surface area contributed by atoms with E-state index in [9.17, 15) is 13.2 Å². The van der Waals surface area contributed by atoms with Crippen LogP contribution in [0.5, 0.6) is 0 Å². The van der Waals surface area contributed by atoms with Crippen LogP contribution in [0.1, 0.15) is 31.4 Å². The normalized spacial score (nSPS) is 22.0. The second kappa shape index (κ2) is 13.8. The number of benzene rings is 3. The molecule has 1 aromatic heterocycles. The predicted molar refractivity (Wildman–Crippen MR) is 192 cm³/mol. The van der Waals surface area contributed by atoms with Gasteiger partial charge in [0.15, 0.2) is 5.17 Å². The lowest BCUT2D eigenvalue weighted by molar-refractivity contribution is -0.113. The zero-order chi connectivity index (χ0) is 33.3. The van der Waals surface area contributed by atoms with Crippen LogP contribution in [-0.2, 0) is 21.4 Å². The van der Waals surface area contributed by atoms with Crippen molar-refractivity contribution in [3.05, 3.63) is 107 Å². The van der Waals surface area contributed by atoms with Gasteiger partial charge in [-0.25, -0.2) is 13.1 Å². The first kappa shape index (κ1) is 32.5. The Morgan fingerprint density at radius 1 is 0.875 bits per heavy atom. The summed E-state index contributed by atoms with van der Waals surface area (Å²) in [6.45, 7) is 9.53. The molecule has 0 spiro atoms. The predicted octanol–water partition coefficient (Wildman–Crippen LogP) is 5.99. The number of thioether (sulfide) groups is 1. The maximum absolute atomic E-state index is 13.8. The molecule has 7 rings (SSSR count). The van der Waals surface area contributed by atoms with E-state index in [-0.39, 0.29) is 10.8 Å². The second-order valence-corrected chi connectivity index (χ2v) is 16.0. The molecule has 3 aliphatic rings. The second-order valence-electron chi connectivity index (χ2n) is 13.1. The van der Waals surface area contributed by atoms with E-state index >= 15 is 0 Å². The van der Waals surface area contributed by atoms with Crippen molar-refractivity contribution in [2.45, 2.75) is 31.7 Å². The van der Waals surface area contributed by atoms with Crippen molar-refractivity contribution >= 4 is 38.9 Å². The molecule has 9 nitrogen and oxygen atoms in total. The van der Waals surface area contributed by atoms with E-state index in [1.807, 2.05) is 54.7 Å². The van der Waals surface area contributed by atoms with E-state index in [1.54, 1.807) is 27.2 Å². The zero-order valence-electron chi connectivity index (χ0n) is 27.3. The number of carbonyl (C=O) groups is 1. The summed E-state index contributed by atoms with van der Waals surface area (Å²) in [6, 6.07) is 27.2. The molecule has 2 fully saturated rings. The summed E-state index contributed by atoms with van der Waals surface area (Å²) in [6.07, 6.45) is 4.75. The minimum atomic E-state index is -3.69. The molecular weight excluding hydrogens is 641 g/mol. The van der Waals surface area contributed by atoms with Crippen LogP contribution in [0.3, 0.4) is 0 Å². The lowest BCUT2D eigenvalue weighted by Gasteiger charge is -2.35. The van der Waals surface area contributed by atoms with Crippen LogP contribution < -0.4 is 0 Å². The Morgan fingerprint density at radius 3 is 2.27 bits per heavy atom. The molecule has 0 radical (unpaired) electrons. The van der Waals surface area contributed by atoms with Crippen molar-refractivity contribution < 1.29 is 13.2 Å². The van der Waals surface area contributed by atoms with Gasteiger partial charge in [-0.1, -0.05) is 74.5 Å². The summed E-state index contributed by atoms with van der Waals surface area (Å²) < 4.78 is 31.0. The Labute approximate surface area is 287 Å². The van der Waals surface area contributed by atoms with Crippen LogP contribution in [-0.4, -0.2) is 82.6 Å². The number of nitrogens with zero attached hydrogens (tertiary/aromatic N) is 6. The van der Waals surface area contributed by atoms with Crippen molar-refractivity contribution in [2.75, 3.05) is 39.3 Å². The first-order chi connectivity index (χ1) is 23.2. The number of aliphatic imine (C=N–C) groups is 1. The zero-order valence-corrected chi connectivity index (χ0v) is 28.9. The van der Waals surface area contributed by atoms with Gasteiger partial charge in [-0.2, -0.15) is 14.4 Å². The molecule has 0 N–H and O–H groups in total. The monoisotopic (exact) mass is 680 g/mol. The molecule has 2 saturated heterocycles. The van der Waals surface area contributed by atoms with Crippen LogP contribution in [0.15, 0.2) is 106 Å². The molecule has 3 aliphatic heterocycles. The van der Waals surface area contributed by atoms with Crippen LogP contribution in [0, 0.1) is 11.8 Å². The number of rotatable bonds is 7. The number of amides is 1. The largest absolute Gasteiger partial charge is 0.348 e. The van der Waals surface area contributed by atoms with Gasteiger partial charge >= 0.3 is 0 Å². The molecule has 1 amide bonds. The molecule has 2 atom stereocenters. The summed E-state index contributed by atoms with van der Waals surface area (Å²) in [4.78, 5) is 23.1. The topological polar surface area (TPSA) is 91.1 Å². The number of hydrogen-bond acceptors (Lipinski definition) is 7. The Hall–Kier alpha value is -4.03. The van der Waals surface area contributed by atoms with Crippen LogP contribution in [0.25, 0.3) is 23.0 Å². The van der Waals surface area contributed by atoms with E-state index < -0.39 is 10.0 Å². The number of piperidine rings is 1. The first-order valence-electron chi connectivity index (χ1n) is 16.5. The fraction of sp³-hybridized carbons (Fsp3) is 0.324. The van der Waals surface area contributed by atoms with Gasteiger partial charge in [-0.15, -0.1) is 0 Å². The van der Waals surface area contributed by atoms with Crippen LogP contribution in [0.2, 0.25) is 0 Å². The van der Waals surface area contributed by atoms with Crippen molar-refractivity contribution in [3.8, 4) is 16.9 Å². The van der Waals surface area contributed by atoms with Gasteiger partial charge in [0.2, 0.25) is 10.0 Å². The third-order valence-corrected chi connectivity index (χ3v) is 12.0. The highest BCUT2D eigenvalue weighted by Gasteiger charge is 2.33. The highest BCUT2D eigenvalue weighted by atomic mass is 32.2. The number of hydrogen-bond donors (Lipinski definition) is 0.